The van der Waals surface area contributed by atoms with E-state index in [2.05, 4.69) is 30.2 Å². The van der Waals surface area contributed by atoms with Gasteiger partial charge in [-0.1, -0.05) is 17.7 Å². The first kappa shape index (κ1) is 15.0. The summed E-state index contributed by atoms with van der Waals surface area (Å²) >= 11 is 5.86. The van der Waals surface area contributed by atoms with E-state index in [9.17, 15) is 4.39 Å². The summed E-state index contributed by atoms with van der Waals surface area (Å²) in [5, 5.41) is 3.09. The number of fused-ring (bicyclic) bond motifs is 1. The van der Waals surface area contributed by atoms with E-state index in [1.807, 2.05) is 6.08 Å². The summed E-state index contributed by atoms with van der Waals surface area (Å²) in [7, 11) is 1.64. The Balaban J connectivity index is 1.92. The Labute approximate surface area is 142 Å². The van der Waals surface area contributed by atoms with Gasteiger partial charge >= 0.3 is 0 Å². The first-order chi connectivity index (χ1) is 11.7. The van der Waals surface area contributed by atoms with Crippen molar-refractivity contribution in [2.24, 2.45) is 0 Å². The van der Waals surface area contributed by atoms with Crippen LogP contribution in [0, 0.1) is 5.82 Å². The zero-order valence-corrected chi connectivity index (χ0v) is 13.7. The summed E-state index contributed by atoms with van der Waals surface area (Å²) in [6.07, 6.45) is 7.98. The number of H-pyrrole nitrogens is 1. The molecule has 0 radical (unpaired) electrons. The molecule has 0 aliphatic heterocycles. The smallest absolute Gasteiger partial charge is 0.191 e. The highest BCUT2D eigenvalue weighted by molar-refractivity contribution is 6.29. The van der Waals surface area contributed by atoms with Crippen molar-refractivity contribution in [1.82, 2.24) is 24.9 Å². The molecule has 3 aromatic heterocycles. The molecule has 122 valence electrons. The molecule has 6 nitrogen and oxygen atoms in total. The van der Waals surface area contributed by atoms with Crippen LogP contribution in [0.5, 0.6) is 0 Å². The third-order valence-electron chi connectivity index (χ3n) is 4.03. The molecular formula is C16H14ClFN6. The molecule has 0 fully saturated rings. The largest absolute Gasteiger partial charge is 0.371 e. The molecule has 3 heterocycles. The number of rotatable bonds is 3. The molecule has 8 heteroatoms. The lowest BCUT2D eigenvalue weighted by Crippen LogP contribution is -2.05. The molecule has 0 aromatic carbocycles. The lowest BCUT2D eigenvalue weighted by atomic mass is 10.1. The number of halogens is 2. The highest BCUT2D eigenvalue weighted by Gasteiger charge is 2.21. The summed E-state index contributed by atoms with van der Waals surface area (Å²) in [6, 6.07) is 0. The molecule has 24 heavy (non-hydrogen) atoms. The van der Waals surface area contributed by atoms with E-state index in [1.54, 1.807) is 13.2 Å². The van der Waals surface area contributed by atoms with Crippen molar-refractivity contribution >= 4 is 34.2 Å². The van der Waals surface area contributed by atoms with Gasteiger partial charge in [-0.2, -0.15) is 0 Å². The molecule has 0 atom stereocenters. The second kappa shape index (κ2) is 5.83. The zero-order valence-electron chi connectivity index (χ0n) is 12.9. The fourth-order valence-corrected chi connectivity index (χ4v) is 3.01. The minimum absolute atomic E-state index is 0.166. The maximum Gasteiger partial charge on any atom is 0.191 e. The number of anilines is 1. The number of aromatic nitrogens is 5. The van der Waals surface area contributed by atoms with Crippen molar-refractivity contribution in [3.63, 3.8) is 0 Å². The number of nitrogens with zero attached hydrogens (tertiary/aromatic N) is 4. The number of hydrogen-bond donors (Lipinski definition) is 2. The van der Waals surface area contributed by atoms with Crippen LogP contribution < -0.4 is 5.32 Å². The van der Waals surface area contributed by atoms with E-state index in [0.29, 0.717) is 33.4 Å². The Hall–Kier alpha value is -2.54. The maximum absolute atomic E-state index is 14.6. The monoisotopic (exact) mass is 344 g/mol. The van der Waals surface area contributed by atoms with Crippen LogP contribution in [0.1, 0.15) is 25.0 Å². The zero-order chi connectivity index (χ0) is 16.7. The van der Waals surface area contributed by atoms with Gasteiger partial charge in [0, 0.05) is 13.2 Å². The van der Waals surface area contributed by atoms with Gasteiger partial charge in [0.25, 0.3) is 0 Å². The molecule has 0 bridgehead atoms. The summed E-state index contributed by atoms with van der Waals surface area (Å²) < 4.78 is 14.6. The van der Waals surface area contributed by atoms with E-state index in [0.717, 1.165) is 24.8 Å². The van der Waals surface area contributed by atoms with Gasteiger partial charge in [0.1, 0.15) is 16.4 Å². The fourth-order valence-electron chi connectivity index (χ4n) is 2.88. The Morgan fingerprint density at radius 1 is 1.29 bits per heavy atom. The van der Waals surface area contributed by atoms with Crippen molar-refractivity contribution in [2.75, 3.05) is 12.4 Å². The third-order valence-corrected chi connectivity index (χ3v) is 4.21. The quantitative estimate of drug-likeness (QED) is 0.755. The van der Waals surface area contributed by atoms with Gasteiger partial charge in [-0.3, -0.25) is 0 Å². The Morgan fingerprint density at radius 2 is 2.17 bits per heavy atom. The lowest BCUT2D eigenvalue weighted by molar-refractivity contribution is 0.613. The van der Waals surface area contributed by atoms with Gasteiger partial charge in [0.2, 0.25) is 0 Å². The maximum atomic E-state index is 14.6. The minimum Gasteiger partial charge on any atom is -0.371 e. The summed E-state index contributed by atoms with van der Waals surface area (Å²) in [4.78, 5) is 20.2. The molecule has 1 aliphatic rings. The molecular weight excluding hydrogens is 331 g/mol. The van der Waals surface area contributed by atoms with Gasteiger partial charge < -0.3 is 10.3 Å². The average Bonchev–Trinajstić information content (AvgIpc) is 3.24. The third kappa shape index (κ3) is 2.41. The van der Waals surface area contributed by atoms with E-state index in [-0.39, 0.29) is 5.82 Å². The highest BCUT2D eigenvalue weighted by atomic mass is 35.5. The van der Waals surface area contributed by atoms with Gasteiger partial charge in [-0.05, 0) is 24.8 Å². The molecule has 3 aromatic rings. The molecule has 0 unspecified atom stereocenters. The molecule has 0 saturated carbocycles. The Bertz CT molecular complexity index is 965. The number of allylic oxidation sites excluding steroid dienone is 2. The van der Waals surface area contributed by atoms with Crippen molar-refractivity contribution < 1.29 is 4.39 Å². The minimum atomic E-state index is -0.427. The predicted molar refractivity (Wildman–Crippen MR) is 91.3 cm³/mol. The highest BCUT2D eigenvalue weighted by Crippen LogP contribution is 2.33. The topological polar surface area (TPSA) is 79.4 Å². The van der Waals surface area contributed by atoms with Crippen LogP contribution in [-0.4, -0.2) is 32.0 Å². The lowest BCUT2D eigenvalue weighted by Gasteiger charge is -2.10. The molecule has 0 spiro atoms. The summed E-state index contributed by atoms with van der Waals surface area (Å²) in [5.74, 6) is 0.133. The summed E-state index contributed by atoms with van der Waals surface area (Å²) in [6.45, 7) is 0. The standard InChI is InChI=1S/C16H14ClFN6/c1-19-15-11(18)12(8-4-2-3-5-8)23-14(24-15)9-6-21-16-13(9)20-7-10(17)22-16/h4,6-7H,2-3,5H2,1H3,(H,21,22)(H,19,23,24). The van der Waals surface area contributed by atoms with Crippen LogP contribution in [-0.2, 0) is 0 Å². The average molecular weight is 345 g/mol. The van der Waals surface area contributed by atoms with Crippen LogP contribution in [0.4, 0.5) is 10.2 Å². The first-order valence-corrected chi connectivity index (χ1v) is 8.00. The second-order valence-electron chi connectivity index (χ2n) is 5.52. The molecule has 0 amide bonds. The van der Waals surface area contributed by atoms with E-state index < -0.39 is 5.82 Å². The predicted octanol–water partition coefficient (Wildman–Crippen LogP) is 3.82. The SMILES string of the molecule is CNc1nc(-c2c[nH]c3nc(Cl)cnc23)nc(C2=CCCC2)c1F. The molecule has 0 saturated heterocycles. The van der Waals surface area contributed by atoms with E-state index in [1.165, 1.54) is 6.20 Å². The van der Waals surface area contributed by atoms with Crippen molar-refractivity contribution in [1.29, 1.82) is 0 Å². The number of nitrogens with one attached hydrogen (secondary N) is 2. The Kier molecular flexibility index (Phi) is 3.65. The van der Waals surface area contributed by atoms with E-state index >= 15 is 0 Å². The van der Waals surface area contributed by atoms with Gasteiger partial charge in [0.05, 0.1) is 11.8 Å². The van der Waals surface area contributed by atoms with E-state index in [4.69, 9.17) is 11.6 Å². The van der Waals surface area contributed by atoms with Crippen LogP contribution in [0.3, 0.4) is 0 Å². The van der Waals surface area contributed by atoms with Crippen LogP contribution in [0.2, 0.25) is 5.15 Å². The van der Waals surface area contributed by atoms with Crippen LogP contribution in [0.15, 0.2) is 18.5 Å². The van der Waals surface area contributed by atoms with Crippen LogP contribution >= 0.6 is 11.6 Å². The van der Waals surface area contributed by atoms with Crippen molar-refractivity contribution in [3.05, 3.63) is 35.1 Å². The second-order valence-corrected chi connectivity index (χ2v) is 5.91. The number of aromatic amines is 1. The fraction of sp³-hybridized carbons (Fsp3) is 0.250. The van der Waals surface area contributed by atoms with Crippen molar-refractivity contribution in [2.45, 2.75) is 19.3 Å². The van der Waals surface area contributed by atoms with Crippen LogP contribution in [0.25, 0.3) is 28.1 Å². The molecule has 1 aliphatic carbocycles. The molecule has 4 rings (SSSR count). The van der Waals surface area contributed by atoms with Crippen molar-refractivity contribution in [3.8, 4) is 11.4 Å². The molecule has 2 N–H and O–H groups in total. The first-order valence-electron chi connectivity index (χ1n) is 7.62. The van der Waals surface area contributed by atoms with Gasteiger partial charge in [-0.15, -0.1) is 0 Å². The summed E-state index contributed by atoms with van der Waals surface area (Å²) in [5.41, 5.74) is 3.06. The van der Waals surface area contributed by atoms with Gasteiger partial charge in [0.15, 0.2) is 23.1 Å². The number of hydrogen-bond acceptors (Lipinski definition) is 5. The Morgan fingerprint density at radius 3 is 2.92 bits per heavy atom. The van der Waals surface area contributed by atoms with Gasteiger partial charge in [-0.25, -0.2) is 24.3 Å². The normalized spacial score (nSPS) is 14.2.